The van der Waals surface area contributed by atoms with Gasteiger partial charge in [-0.2, -0.15) is 4.31 Å². The summed E-state index contributed by atoms with van der Waals surface area (Å²) in [6.45, 7) is 0.623. The third-order valence-corrected chi connectivity index (χ3v) is 8.00. The lowest BCUT2D eigenvalue weighted by Gasteiger charge is -2.34. The number of rotatable bonds is 9. The predicted molar refractivity (Wildman–Crippen MR) is 136 cm³/mol. The molecule has 1 aliphatic rings. The van der Waals surface area contributed by atoms with Gasteiger partial charge in [0, 0.05) is 36.3 Å². The number of nitrogens with zero attached hydrogens (tertiary/aromatic N) is 1. The molecular weight excluding hydrogens is 500 g/mol. The number of methoxy groups -OCH3 is 2. The number of fused-ring (bicyclic) bond motifs is 1. The first kappa shape index (κ1) is 26.5. The molecule has 0 aliphatic carbocycles. The molecule has 11 nitrogen and oxygen atoms in total. The van der Waals surface area contributed by atoms with Crippen LogP contribution < -0.4 is 20.1 Å². The highest BCUT2D eigenvalue weighted by Gasteiger charge is 2.35. The van der Waals surface area contributed by atoms with E-state index in [1.807, 2.05) is 30.5 Å². The zero-order valence-corrected chi connectivity index (χ0v) is 21.5. The molecule has 0 spiro atoms. The Hall–Kier alpha value is -3.61. The van der Waals surface area contributed by atoms with Crippen LogP contribution in [0.1, 0.15) is 12.0 Å². The summed E-state index contributed by atoms with van der Waals surface area (Å²) in [5.41, 5.74) is 2.03. The summed E-state index contributed by atoms with van der Waals surface area (Å²) in [6.07, 6.45) is 1.96. The summed E-state index contributed by atoms with van der Waals surface area (Å²) in [5, 5.41) is 6.15. The van der Waals surface area contributed by atoms with Crippen molar-refractivity contribution >= 4 is 32.7 Å². The van der Waals surface area contributed by atoms with Crippen LogP contribution in [0.4, 0.5) is 0 Å². The van der Waals surface area contributed by atoms with Crippen molar-refractivity contribution in [2.24, 2.45) is 0 Å². The molecule has 0 radical (unpaired) electrons. The fourth-order valence-corrected chi connectivity index (χ4v) is 5.79. The van der Waals surface area contributed by atoms with Gasteiger partial charge in [-0.05, 0) is 36.6 Å². The van der Waals surface area contributed by atoms with Crippen LogP contribution in [-0.4, -0.2) is 76.2 Å². The van der Waals surface area contributed by atoms with E-state index in [0.717, 1.165) is 16.5 Å². The number of benzene rings is 2. The highest BCUT2D eigenvalue weighted by Crippen LogP contribution is 2.31. The van der Waals surface area contributed by atoms with Crippen molar-refractivity contribution in [3.05, 3.63) is 54.2 Å². The highest BCUT2D eigenvalue weighted by atomic mass is 32.2. The molecule has 3 N–H and O–H groups in total. The van der Waals surface area contributed by atoms with Gasteiger partial charge in [-0.25, -0.2) is 8.42 Å². The van der Waals surface area contributed by atoms with E-state index in [9.17, 15) is 18.0 Å². The van der Waals surface area contributed by atoms with Crippen LogP contribution in [0.3, 0.4) is 0 Å². The molecule has 12 heteroatoms. The second-order valence-electron chi connectivity index (χ2n) is 8.39. The van der Waals surface area contributed by atoms with Crippen molar-refractivity contribution in [2.75, 3.05) is 40.5 Å². The summed E-state index contributed by atoms with van der Waals surface area (Å²) in [5.74, 6) is -0.993. The van der Waals surface area contributed by atoms with Gasteiger partial charge in [0.1, 0.15) is 6.23 Å². The minimum absolute atomic E-state index is 0.00185. The number of hydrogen-bond acceptors (Lipinski definition) is 7. The molecule has 1 aliphatic heterocycles. The second kappa shape index (κ2) is 11.6. The average molecular weight is 531 g/mol. The van der Waals surface area contributed by atoms with Crippen LogP contribution in [0, 0.1) is 0 Å². The number of carbonyl (C=O) groups is 2. The third-order valence-electron chi connectivity index (χ3n) is 6.11. The van der Waals surface area contributed by atoms with Gasteiger partial charge in [0.05, 0.1) is 32.3 Å². The number of H-pyrrole nitrogens is 1. The van der Waals surface area contributed by atoms with Gasteiger partial charge in [-0.15, -0.1) is 0 Å². The summed E-state index contributed by atoms with van der Waals surface area (Å²) in [4.78, 5) is 27.9. The van der Waals surface area contributed by atoms with E-state index in [-0.39, 0.29) is 30.3 Å². The van der Waals surface area contributed by atoms with Crippen LogP contribution in [0.25, 0.3) is 10.9 Å². The van der Waals surface area contributed by atoms with Crippen LogP contribution in [0.15, 0.2) is 53.6 Å². The van der Waals surface area contributed by atoms with Crippen molar-refractivity contribution in [1.29, 1.82) is 0 Å². The van der Waals surface area contributed by atoms with E-state index >= 15 is 0 Å². The monoisotopic (exact) mass is 530 g/mol. The van der Waals surface area contributed by atoms with Gasteiger partial charge in [-0.3, -0.25) is 9.59 Å². The van der Waals surface area contributed by atoms with Gasteiger partial charge in [-0.1, -0.05) is 18.2 Å². The molecule has 2 aromatic carbocycles. The molecular formula is C25H30N4O7S. The standard InChI is InChI=1S/C25H30N4O7S/c1-34-21-9-8-18(14-22(21)35-2)37(32,33)29-12-5-13-36-23(29)16-28-25(31)24(30)26-11-10-17-15-27-20-7-4-3-6-19(17)20/h3-4,6-9,14-15,23,27H,5,10-13,16H2,1-2H3,(H,26,30)(H,28,31)/t23-/m0/s1. The number of carbonyl (C=O) groups excluding carboxylic acids is 2. The molecule has 37 heavy (non-hydrogen) atoms. The molecule has 0 bridgehead atoms. The minimum Gasteiger partial charge on any atom is -0.493 e. The molecule has 1 aromatic heterocycles. The normalized spacial score (nSPS) is 16.3. The Balaban J connectivity index is 1.34. The number of hydrogen-bond donors (Lipinski definition) is 3. The van der Waals surface area contributed by atoms with E-state index in [2.05, 4.69) is 15.6 Å². The third kappa shape index (κ3) is 5.87. The largest absolute Gasteiger partial charge is 0.493 e. The Morgan fingerprint density at radius 1 is 1.08 bits per heavy atom. The van der Waals surface area contributed by atoms with E-state index in [1.54, 1.807) is 0 Å². The molecule has 0 saturated carbocycles. The number of aromatic amines is 1. The molecule has 3 aromatic rings. The molecule has 4 rings (SSSR count). The maximum absolute atomic E-state index is 13.3. The van der Waals surface area contributed by atoms with Gasteiger partial charge in [0.15, 0.2) is 11.5 Å². The van der Waals surface area contributed by atoms with Crippen molar-refractivity contribution in [2.45, 2.75) is 24.0 Å². The Morgan fingerprint density at radius 2 is 1.84 bits per heavy atom. The van der Waals surface area contributed by atoms with Crippen molar-refractivity contribution in [3.63, 3.8) is 0 Å². The summed E-state index contributed by atoms with van der Waals surface area (Å²) in [6, 6.07) is 12.1. The van der Waals surface area contributed by atoms with E-state index in [0.29, 0.717) is 25.2 Å². The fraction of sp³-hybridized carbons (Fsp3) is 0.360. The SMILES string of the molecule is COc1ccc(S(=O)(=O)N2CCCO[C@H]2CNC(=O)C(=O)NCCc2c[nH]c3ccccc23)cc1OC. The minimum atomic E-state index is -3.98. The van der Waals surface area contributed by atoms with Crippen molar-refractivity contribution in [1.82, 2.24) is 19.9 Å². The first-order valence-corrected chi connectivity index (χ1v) is 13.3. The van der Waals surface area contributed by atoms with Crippen LogP contribution >= 0.6 is 0 Å². The molecule has 1 atom stereocenters. The van der Waals surface area contributed by atoms with Gasteiger partial charge < -0.3 is 29.8 Å². The number of ether oxygens (including phenoxy) is 3. The topological polar surface area (TPSA) is 139 Å². The predicted octanol–water partition coefficient (Wildman–Crippen LogP) is 1.40. The Labute approximate surface area is 215 Å². The Bertz CT molecular complexity index is 1370. The Morgan fingerprint density at radius 3 is 2.62 bits per heavy atom. The summed E-state index contributed by atoms with van der Waals surface area (Å²) >= 11 is 0. The van der Waals surface area contributed by atoms with E-state index < -0.39 is 28.1 Å². The number of aromatic nitrogens is 1. The van der Waals surface area contributed by atoms with Crippen LogP contribution in [-0.2, 0) is 30.8 Å². The van der Waals surface area contributed by atoms with Crippen molar-refractivity contribution < 1.29 is 32.2 Å². The molecule has 1 saturated heterocycles. The number of para-hydroxylation sites is 1. The molecule has 2 heterocycles. The lowest BCUT2D eigenvalue weighted by Crippen LogP contribution is -2.53. The molecule has 2 amide bonds. The van der Waals surface area contributed by atoms with Gasteiger partial charge in [0.25, 0.3) is 0 Å². The summed E-state index contributed by atoms with van der Waals surface area (Å²) in [7, 11) is -1.10. The van der Waals surface area contributed by atoms with Gasteiger partial charge >= 0.3 is 11.8 Å². The first-order valence-electron chi connectivity index (χ1n) is 11.8. The van der Waals surface area contributed by atoms with E-state index in [1.165, 1.54) is 36.7 Å². The maximum Gasteiger partial charge on any atom is 0.309 e. The number of amides is 2. The number of nitrogens with one attached hydrogen (secondary N) is 3. The Kier molecular flexibility index (Phi) is 8.31. The maximum atomic E-state index is 13.3. The van der Waals surface area contributed by atoms with E-state index in [4.69, 9.17) is 14.2 Å². The second-order valence-corrected chi connectivity index (χ2v) is 10.3. The average Bonchev–Trinajstić information content (AvgIpc) is 3.34. The fourth-order valence-electron chi connectivity index (χ4n) is 4.20. The smallest absolute Gasteiger partial charge is 0.309 e. The first-order chi connectivity index (χ1) is 17.8. The molecule has 0 unspecified atom stereocenters. The summed E-state index contributed by atoms with van der Waals surface area (Å²) < 4.78 is 43.9. The van der Waals surface area contributed by atoms with Crippen LogP contribution in [0.2, 0.25) is 0 Å². The van der Waals surface area contributed by atoms with Crippen molar-refractivity contribution in [3.8, 4) is 11.5 Å². The zero-order valence-electron chi connectivity index (χ0n) is 20.7. The highest BCUT2D eigenvalue weighted by molar-refractivity contribution is 7.89. The zero-order chi connectivity index (χ0) is 26.4. The van der Waals surface area contributed by atoms with Crippen LogP contribution in [0.5, 0.6) is 11.5 Å². The molecule has 198 valence electrons. The number of sulfonamides is 1. The lowest BCUT2D eigenvalue weighted by molar-refractivity contribution is -0.140. The quantitative estimate of drug-likeness (QED) is 0.356. The van der Waals surface area contributed by atoms with Gasteiger partial charge in [0.2, 0.25) is 10.0 Å². The molecule has 1 fully saturated rings. The lowest BCUT2D eigenvalue weighted by atomic mass is 10.1.